The largest absolute Gasteiger partial charge is 0.339 e. The van der Waals surface area contributed by atoms with Gasteiger partial charge >= 0.3 is 0 Å². The van der Waals surface area contributed by atoms with Gasteiger partial charge in [0.15, 0.2) is 0 Å². The zero-order chi connectivity index (χ0) is 14.7. The highest BCUT2D eigenvalue weighted by molar-refractivity contribution is 5.47. The highest BCUT2D eigenvalue weighted by Crippen LogP contribution is 2.34. The van der Waals surface area contributed by atoms with Gasteiger partial charge in [-0.3, -0.25) is 0 Å². The van der Waals surface area contributed by atoms with Crippen molar-refractivity contribution in [3.05, 3.63) is 30.0 Å². The van der Waals surface area contributed by atoms with E-state index in [0.717, 1.165) is 31.5 Å². The molecule has 2 aromatic rings. The second-order valence-electron chi connectivity index (χ2n) is 5.48. The number of nitrogens with zero attached hydrogens (tertiary/aromatic N) is 3. The summed E-state index contributed by atoms with van der Waals surface area (Å²) >= 11 is 0. The number of pyridine rings is 1. The summed E-state index contributed by atoms with van der Waals surface area (Å²) in [6.45, 7) is 3.16. The Morgan fingerprint density at radius 3 is 2.95 bits per heavy atom. The van der Waals surface area contributed by atoms with Crippen molar-refractivity contribution < 1.29 is 8.91 Å². The van der Waals surface area contributed by atoms with Crippen LogP contribution in [-0.2, 0) is 6.42 Å². The second kappa shape index (κ2) is 6.30. The first-order valence-electron chi connectivity index (χ1n) is 7.44. The molecule has 2 aromatic heterocycles. The summed E-state index contributed by atoms with van der Waals surface area (Å²) in [5, 5.41) is 7.47. The van der Waals surface area contributed by atoms with Gasteiger partial charge < -0.3 is 9.84 Å². The smallest absolute Gasteiger partial charge is 0.228 e. The first-order chi connectivity index (χ1) is 10.3. The summed E-state index contributed by atoms with van der Waals surface area (Å²) in [4.78, 5) is 8.33. The number of aromatic nitrogens is 3. The monoisotopic (exact) mass is 290 g/mol. The number of rotatable bonds is 7. The van der Waals surface area contributed by atoms with Gasteiger partial charge in [-0.1, -0.05) is 12.1 Å². The fraction of sp³-hybridized carbons (Fsp3) is 0.533. The minimum Gasteiger partial charge on any atom is -0.339 e. The van der Waals surface area contributed by atoms with Crippen LogP contribution in [0, 0.1) is 11.7 Å². The second-order valence-corrected chi connectivity index (χ2v) is 5.48. The summed E-state index contributed by atoms with van der Waals surface area (Å²) in [5.74, 6) is 1.36. The minimum absolute atomic E-state index is 0.375. The average molecular weight is 290 g/mol. The van der Waals surface area contributed by atoms with Crippen LogP contribution in [0.15, 0.2) is 22.9 Å². The molecule has 112 valence electrons. The van der Waals surface area contributed by atoms with Crippen LogP contribution in [0.1, 0.15) is 32.1 Å². The number of hydrogen-bond donors (Lipinski definition) is 1. The highest BCUT2D eigenvalue weighted by Gasteiger charge is 2.32. The molecule has 1 fully saturated rings. The Labute approximate surface area is 123 Å². The minimum atomic E-state index is -0.375. The molecule has 3 rings (SSSR count). The molecule has 0 aromatic carbocycles. The number of nitrogens with one attached hydrogen (secondary N) is 1. The van der Waals surface area contributed by atoms with Gasteiger partial charge in [-0.25, -0.2) is 9.37 Å². The zero-order valence-electron chi connectivity index (χ0n) is 12.1. The van der Waals surface area contributed by atoms with Crippen molar-refractivity contribution in [2.45, 2.75) is 38.6 Å². The fourth-order valence-electron chi connectivity index (χ4n) is 2.37. The third-order valence-electron chi connectivity index (χ3n) is 3.67. The van der Waals surface area contributed by atoms with Crippen LogP contribution < -0.4 is 5.32 Å². The fourth-order valence-corrected chi connectivity index (χ4v) is 2.37. The van der Waals surface area contributed by atoms with Crippen LogP contribution in [-0.4, -0.2) is 27.7 Å². The van der Waals surface area contributed by atoms with Crippen LogP contribution >= 0.6 is 0 Å². The van der Waals surface area contributed by atoms with E-state index >= 15 is 0 Å². The van der Waals surface area contributed by atoms with E-state index in [0.29, 0.717) is 23.5 Å². The normalized spacial score (nSPS) is 16.1. The average Bonchev–Trinajstić information content (AvgIpc) is 3.24. The van der Waals surface area contributed by atoms with Gasteiger partial charge in [0.05, 0.1) is 6.20 Å². The van der Waals surface area contributed by atoms with Crippen molar-refractivity contribution in [3.63, 3.8) is 0 Å². The van der Waals surface area contributed by atoms with Gasteiger partial charge in [0.1, 0.15) is 11.5 Å². The van der Waals surface area contributed by atoms with E-state index in [1.54, 1.807) is 6.07 Å². The lowest BCUT2D eigenvalue weighted by atomic mass is 10.1. The summed E-state index contributed by atoms with van der Waals surface area (Å²) < 4.78 is 18.2. The molecule has 1 saturated carbocycles. The van der Waals surface area contributed by atoms with Gasteiger partial charge in [0.2, 0.25) is 11.7 Å². The predicted molar refractivity (Wildman–Crippen MR) is 76.0 cm³/mol. The lowest BCUT2D eigenvalue weighted by molar-refractivity contribution is 0.346. The van der Waals surface area contributed by atoms with Gasteiger partial charge in [-0.15, -0.1) is 0 Å². The molecule has 1 atom stereocenters. The Kier molecular flexibility index (Phi) is 4.24. The van der Waals surface area contributed by atoms with Crippen molar-refractivity contribution in [1.82, 2.24) is 20.4 Å². The van der Waals surface area contributed by atoms with E-state index < -0.39 is 0 Å². The molecule has 1 aliphatic carbocycles. The Hall–Kier alpha value is -1.82. The van der Waals surface area contributed by atoms with E-state index in [1.165, 1.54) is 18.9 Å². The molecule has 0 radical (unpaired) electrons. The molecular formula is C15H19FN4O. The SMILES string of the molecule is CCCNC(Cc1nc(-c2ccc(F)cn2)no1)C1CC1. The summed E-state index contributed by atoms with van der Waals surface area (Å²) in [6, 6.07) is 3.30. The molecule has 0 aliphatic heterocycles. The topological polar surface area (TPSA) is 63.8 Å². The summed E-state index contributed by atoms with van der Waals surface area (Å²) in [7, 11) is 0. The molecule has 1 aliphatic rings. The van der Waals surface area contributed by atoms with Gasteiger partial charge in [-0.05, 0) is 43.9 Å². The summed E-state index contributed by atoms with van der Waals surface area (Å²) in [5.41, 5.74) is 0.524. The first kappa shape index (κ1) is 14.1. The molecule has 0 bridgehead atoms. The first-order valence-corrected chi connectivity index (χ1v) is 7.44. The zero-order valence-corrected chi connectivity index (χ0v) is 12.1. The van der Waals surface area contributed by atoms with Crippen molar-refractivity contribution in [2.75, 3.05) is 6.54 Å². The van der Waals surface area contributed by atoms with Crippen molar-refractivity contribution in [1.29, 1.82) is 0 Å². The molecule has 5 nitrogen and oxygen atoms in total. The molecular weight excluding hydrogens is 271 g/mol. The molecule has 21 heavy (non-hydrogen) atoms. The Morgan fingerprint density at radius 2 is 2.29 bits per heavy atom. The van der Waals surface area contributed by atoms with E-state index in [-0.39, 0.29) is 5.82 Å². The van der Waals surface area contributed by atoms with E-state index in [2.05, 4.69) is 27.4 Å². The third kappa shape index (κ3) is 3.64. The quantitative estimate of drug-likeness (QED) is 0.849. The van der Waals surface area contributed by atoms with Crippen LogP contribution in [0.2, 0.25) is 0 Å². The number of hydrogen-bond acceptors (Lipinski definition) is 5. The molecule has 2 heterocycles. The molecule has 6 heteroatoms. The maximum atomic E-state index is 12.9. The van der Waals surface area contributed by atoms with Crippen LogP contribution in [0.4, 0.5) is 4.39 Å². The van der Waals surface area contributed by atoms with Crippen molar-refractivity contribution >= 4 is 0 Å². The van der Waals surface area contributed by atoms with E-state index in [9.17, 15) is 4.39 Å². The lowest BCUT2D eigenvalue weighted by Crippen LogP contribution is -2.33. The molecule has 1 N–H and O–H groups in total. The molecule has 0 saturated heterocycles. The molecule has 0 amide bonds. The molecule has 0 spiro atoms. The molecule has 1 unspecified atom stereocenters. The Bertz CT molecular complexity index is 580. The predicted octanol–water partition coefficient (Wildman–Crippen LogP) is 2.59. The maximum Gasteiger partial charge on any atom is 0.228 e. The van der Waals surface area contributed by atoms with Crippen LogP contribution in [0.3, 0.4) is 0 Å². The summed E-state index contributed by atoms with van der Waals surface area (Å²) in [6.07, 6.45) is 5.53. The van der Waals surface area contributed by atoms with E-state index in [4.69, 9.17) is 4.52 Å². The lowest BCUT2D eigenvalue weighted by Gasteiger charge is -2.15. The Morgan fingerprint density at radius 1 is 1.43 bits per heavy atom. The highest BCUT2D eigenvalue weighted by atomic mass is 19.1. The standard InChI is InChI=1S/C15H19FN4O/c1-2-7-17-13(10-3-4-10)8-14-19-15(20-21-14)12-6-5-11(16)9-18-12/h5-6,9-10,13,17H,2-4,7-8H2,1H3. The van der Waals surface area contributed by atoms with Crippen LogP contribution in [0.25, 0.3) is 11.5 Å². The van der Waals surface area contributed by atoms with Gasteiger partial charge in [-0.2, -0.15) is 4.98 Å². The van der Waals surface area contributed by atoms with Gasteiger partial charge in [0, 0.05) is 12.5 Å². The Balaban J connectivity index is 1.67. The maximum absolute atomic E-state index is 12.9. The van der Waals surface area contributed by atoms with E-state index in [1.807, 2.05) is 0 Å². The van der Waals surface area contributed by atoms with Crippen molar-refractivity contribution in [2.24, 2.45) is 5.92 Å². The van der Waals surface area contributed by atoms with Gasteiger partial charge in [0.25, 0.3) is 0 Å². The number of halogens is 1. The van der Waals surface area contributed by atoms with Crippen molar-refractivity contribution in [3.8, 4) is 11.5 Å². The third-order valence-corrected chi connectivity index (χ3v) is 3.67. The van der Waals surface area contributed by atoms with Crippen LogP contribution in [0.5, 0.6) is 0 Å².